The van der Waals surface area contributed by atoms with E-state index in [9.17, 15) is 4.79 Å². The summed E-state index contributed by atoms with van der Waals surface area (Å²) in [5.41, 5.74) is 3.75. The van der Waals surface area contributed by atoms with Crippen LogP contribution in [0.3, 0.4) is 0 Å². The van der Waals surface area contributed by atoms with Gasteiger partial charge >= 0.3 is 0 Å². The van der Waals surface area contributed by atoms with Crippen LogP contribution in [0.1, 0.15) is 27.9 Å². The number of aryl methyl sites for hydroxylation is 2. The van der Waals surface area contributed by atoms with Crippen molar-refractivity contribution in [2.24, 2.45) is 0 Å². The van der Waals surface area contributed by atoms with Crippen LogP contribution in [0.25, 0.3) is 10.9 Å². The highest BCUT2D eigenvalue weighted by molar-refractivity contribution is 5.95. The van der Waals surface area contributed by atoms with Crippen LogP contribution in [-0.4, -0.2) is 24.0 Å². The first-order valence-corrected chi connectivity index (χ1v) is 8.47. The average molecular weight is 334 g/mol. The molecule has 0 atom stereocenters. The van der Waals surface area contributed by atoms with Gasteiger partial charge in [-0.05, 0) is 44.0 Å². The number of fused-ring (bicyclic) bond motifs is 1. The van der Waals surface area contributed by atoms with Gasteiger partial charge in [-0.25, -0.2) is 0 Å². The minimum Gasteiger partial charge on any atom is -0.491 e. The van der Waals surface area contributed by atoms with Crippen molar-refractivity contribution in [2.75, 3.05) is 13.2 Å². The summed E-state index contributed by atoms with van der Waals surface area (Å²) in [7, 11) is 0. The highest BCUT2D eigenvalue weighted by Gasteiger charge is 2.08. The predicted octanol–water partition coefficient (Wildman–Crippen LogP) is 4.05. The number of hydrogen-bond acceptors (Lipinski definition) is 3. The molecule has 0 aliphatic rings. The molecule has 0 fully saturated rings. The predicted molar refractivity (Wildman–Crippen MR) is 100 cm³/mol. The Labute approximate surface area is 147 Å². The van der Waals surface area contributed by atoms with E-state index in [-0.39, 0.29) is 5.91 Å². The Kier molecular flexibility index (Phi) is 5.29. The Hall–Kier alpha value is -2.88. The van der Waals surface area contributed by atoms with Crippen LogP contribution < -0.4 is 10.1 Å². The smallest absolute Gasteiger partial charge is 0.251 e. The average Bonchev–Trinajstić information content (AvgIpc) is 2.61. The molecule has 1 aromatic heterocycles. The molecule has 0 aliphatic heterocycles. The first kappa shape index (κ1) is 17.0. The van der Waals surface area contributed by atoms with E-state index in [1.807, 2.05) is 62.4 Å². The number of pyridine rings is 1. The first-order chi connectivity index (χ1) is 12.1. The molecule has 128 valence electrons. The van der Waals surface area contributed by atoms with Crippen molar-refractivity contribution in [2.45, 2.75) is 20.3 Å². The zero-order valence-electron chi connectivity index (χ0n) is 14.6. The van der Waals surface area contributed by atoms with Gasteiger partial charge < -0.3 is 10.1 Å². The van der Waals surface area contributed by atoms with E-state index in [1.165, 1.54) is 0 Å². The normalized spacial score (nSPS) is 10.6. The van der Waals surface area contributed by atoms with Crippen molar-refractivity contribution in [1.82, 2.24) is 10.3 Å². The molecule has 3 aromatic rings. The Morgan fingerprint density at radius 2 is 1.96 bits per heavy atom. The Balaban J connectivity index is 1.49. The Morgan fingerprint density at radius 3 is 2.80 bits per heavy atom. The summed E-state index contributed by atoms with van der Waals surface area (Å²) in [5.74, 6) is 0.739. The Morgan fingerprint density at radius 1 is 1.12 bits per heavy atom. The van der Waals surface area contributed by atoms with E-state index in [4.69, 9.17) is 4.74 Å². The molecular formula is C21H22N2O2. The molecule has 0 unspecified atom stereocenters. The summed E-state index contributed by atoms with van der Waals surface area (Å²) in [6.07, 6.45) is 2.50. The van der Waals surface area contributed by atoms with Gasteiger partial charge in [0, 0.05) is 23.7 Å². The zero-order valence-corrected chi connectivity index (χ0v) is 14.6. The maximum Gasteiger partial charge on any atom is 0.251 e. The summed E-state index contributed by atoms with van der Waals surface area (Å²) < 4.78 is 5.83. The maximum absolute atomic E-state index is 12.2. The molecule has 4 nitrogen and oxygen atoms in total. The topological polar surface area (TPSA) is 51.2 Å². The number of carbonyl (C=O) groups excluding carboxylic acids is 1. The summed E-state index contributed by atoms with van der Waals surface area (Å²) in [5, 5.41) is 4.01. The zero-order chi connectivity index (χ0) is 17.6. The highest BCUT2D eigenvalue weighted by Crippen LogP contribution is 2.22. The fraction of sp³-hybridized carbons (Fsp3) is 0.238. The van der Waals surface area contributed by atoms with Gasteiger partial charge in [0.2, 0.25) is 0 Å². The van der Waals surface area contributed by atoms with Crippen LogP contribution >= 0.6 is 0 Å². The lowest BCUT2D eigenvalue weighted by atomic mass is 10.1. The number of nitrogens with one attached hydrogen (secondary N) is 1. The van der Waals surface area contributed by atoms with Crippen LogP contribution in [0.15, 0.2) is 54.7 Å². The lowest BCUT2D eigenvalue weighted by Crippen LogP contribution is -2.26. The van der Waals surface area contributed by atoms with Gasteiger partial charge in [-0.15, -0.1) is 0 Å². The molecule has 25 heavy (non-hydrogen) atoms. The van der Waals surface area contributed by atoms with Gasteiger partial charge in [-0.3, -0.25) is 9.78 Å². The van der Waals surface area contributed by atoms with Gasteiger partial charge in [-0.1, -0.05) is 35.9 Å². The van der Waals surface area contributed by atoms with E-state index >= 15 is 0 Å². The fourth-order valence-electron chi connectivity index (χ4n) is 2.81. The molecule has 0 aliphatic carbocycles. The van der Waals surface area contributed by atoms with Crippen molar-refractivity contribution in [3.63, 3.8) is 0 Å². The summed E-state index contributed by atoms with van der Waals surface area (Å²) in [4.78, 5) is 16.6. The molecule has 0 saturated heterocycles. The van der Waals surface area contributed by atoms with Crippen molar-refractivity contribution < 1.29 is 9.53 Å². The summed E-state index contributed by atoms with van der Waals surface area (Å²) in [6, 6.07) is 15.7. The molecule has 0 saturated carbocycles. The van der Waals surface area contributed by atoms with Gasteiger partial charge in [0.1, 0.15) is 11.3 Å². The molecule has 3 rings (SSSR count). The lowest BCUT2D eigenvalue weighted by Gasteiger charge is -2.10. The quantitative estimate of drug-likeness (QED) is 0.692. The van der Waals surface area contributed by atoms with Crippen LogP contribution in [0.5, 0.6) is 5.75 Å². The molecule has 1 heterocycles. The number of amides is 1. The molecular weight excluding hydrogens is 312 g/mol. The number of ether oxygens (including phenoxy) is 1. The van der Waals surface area contributed by atoms with E-state index < -0.39 is 0 Å². The summed E-state index contributed by atoms with van der Waals surface area (Å²) >= 11 is 0. The van der Waals surface area contributed by atoms with Crippen molar-refractivity contribution in [1.29, 1.82) is 0 Å². The molecule has 4 heteroatoms. The minimum absolute atomic E-state index is 0.0377. The van der Waals surface area contributed by atoms with E-state index in [2.05, 4.69) is 10.3 Å². The standard InChI is InChI=1S/C21H22N2O2/c1-15-9-10-18(16(2)14-15)21(24)23-12-5-13-25-19-8-3-6-17-7-4-11-22-20(17)19/h3-4,6-11,14H,5,12-13H2,1-2H3,(H,23,24). The number of rotatable bonds is 6. The number of nitrogens with zero attached hydrogens (tertiary/aromatic N) is 1. The molecule has 1 amide bonds. The molecule has 0 spiro atoms. The molecule has 1 N–H and O–H groups in total. The number of carbonyl (C=O) groups is 1. The SMILES string of the molecule is Cc1ccc(C(=O)NCCCOc2cccc3cccnc23)c(C)c1. The second-order valence-corrected chi connectivity index (χ2v) is 6.11. The van der Waals surface area contributed by atoms with E-state index in [0.717, 1.165) is 39.8 Å². The van der Waals surface area contributed by atoms with Crippen molar-refractivity contribution >= 4 is 16.8 Å². The highest BCUT2D eigenvalue weighted by atomic mass is 16.5. The third-order valence-corrected chi connectivity index (χ3v) is 4.09. The van der Waals surface area contributed by atoms with E-state index in [0.29, 0.717) is 13.2 Å². The Bertz CT molecular complexity index is 885. The maximum atomic E-state index is 12.2. The van der Waals surface area contributed by atoms with Gasteiger partial charge in [-0.2, -0.15) is 0 Å². The largest absolute Gasteiger partial charge is 0.491 e. The number of benzene rings is 2. The van der Waals surface area contributed by atoms with E-state index in [1.54, 1.807) is 6.20 Å². The van der Waals surface area contributed by atoms with Crippen LogP contribution in [0, 0.1) is 13.8 Å². The van der Waals surface area contributed by atoms with Gasteiger partial charge in [0.15, 0.2) is 0 Å². The number of aromatic nitrogens is 1. The van der Waals surface area contributed by atoms with Crippen molar-refractivity contribution in [3.05, 3.63) is 71.4 Å². The monoisotopic (exact) mass is 334 g/mol. The molecule has 2 aromatic carbocycles. The second kappa shape index (κ2) is 7.79. The third kappa shape index (κ3) is 4.15. The van der Waals surface area contributed by atoms with Gasteiger partial charge in [0.05, 0.1) is 6.61 Å². The van der Waals surface area contributed by atoms with Crippen molar-refractivity contribution in [3.8, 4) is 5.75 Å². The van der Waals surface area contributed by atoms with Crippen LogP contribution in [-0.2, 0) is 0 Å². The fourth-order valence-corrected chi connectivity index (χ4v) is 2.81. The first-order valence-electron chi connectivity index (χ1n) is 8.47. The summed E-state index contributed by atoms with van der Waals surface area (Å²) in [6.45, 7) is 5.08. The second-order valence-electron chi connectivity index (χ2n) is 6.11. The van der Waals surface area contributed by atoms with Crippen LogP contribution in [0.2, 0.25) is 0 Å². The number of hydrogen-bond donors (Lipinski definition) is 1. The molecule has 0 radical (unpaired) electrons. The van der Waals surface area contributed by atoms with Gasteiger partial charge in [0.25, 0.3) is 5.91 Å². The number of para-hydroxylation sites is 1. The third-order valence-electron chi connectivity index (χ3n) is 4.09. The lowest BCUT2D eigenvalue weighted by molar-refractivity contribution is 0.0951. The minimum atomic E-state index is -0.0377. The molecule has 0 bridgehead atoms. The van der Waals surface area contributed by atoms with Crippen LogP contribution in [0.4, 0.5) is 0 Å².